The molecule has 0 saturated carbocycles. The molecule has 0 amide bonds. The number of ether oxygens (including phenoxy) is 1. The Kier molecular flexibility index (Phi) is 7.49. The third-order valence-electron chi connectivity index (χ3n) is 4.29. The second-order valence-corrected chi connectivity index (χ2v) is 9.59. The molecule has 4 nitrogen and oxygen atoms in total. The van der Waals surface area contributed by atoms with Gasteiger partial charge in [0, 0.05) is 6.42 Å². The summed E-state index contributed by atoms with van der Waals surface area (Å²) in [6.07, 6.45) is -0.194. The summed E-state index contributed by atoms with van der Waals surface area (Å²) in [7, 11) is -1.59. The van der Waals surface area contributed by atoms with E-state index < -0.39 is 33.4 Å². The standard InChI is InChI=1S/C22H28FNO3S/c1-5-27-20(25)22(23,16-17-12-8-6-9-13-17)19(18-14-10-7-11-15-18)24-28(26)21(2,3)4/h6-15,19,24H,5,16H2,1-4H3/t19-,22+,28+/m0/s1. The van der Waals surface area contributed by atoms with E-state index >= 15 is 4.39 Å². The smallest absolute Gasteiger partial charge is 0.346 e. The van der Waals surface area contributed by atoms with Crippen molar-refractivity contribution in [1.29, 1.82) is 0 Å². The number of hydrogen-bond donors (Lipinski definition) is 1. The molecule has 0 heterocycles. The molecule has 0 spiro atoms. The van der Waals surface area contributed by atoms with Crippen LogP contribution in [0.2, 0.25) is 0 Å². The Morgan fingerprint density at radius 1 is 1.07 bits per heavy atom. The first-order valence-corrected chi connectivity index (χ1v) is 10.5. The van der Waals surface area contributed by atoms with Crippen LogP contribution in [0.15, 0.2) is 60.7 Å². The van der Waals surface area contributed by atoms with Gasteiger partial charge in [-0.3, -0.25) is 0 Å². The molecule has 0 radical (unpaired) electrons. The van der Waals surface area contributed by atoms with Gasteiger partial charge in [0.2, 0.25) is 5.67 Å². The van der Waals surface area contributed by atoms with Gasteiger partial charge in [-0.25, -0.2) is 18.1 Å². The van der Waals surface area contributed by atoms with E-state index in [0.29, 0.717) is 11.1 Å². The SMILES string of the molecule is CCOC(=O)[C@@](F)(Cc1ccccc1)[C@@H](N[S@](=O)C(C)(C)C)c1ccccc1. The van der Waals surface area contributed by atoms with Crippen molar-refractivity contribution >= 4 is 17.0 Å². The maximum absolute atomic E-state index is 16.5. The van der Waals surface area contributed by atoms with E-state index in [1.54, 1.807) is 76.2 Å². The van der Waals surface area contributed by atoms with E-state index in [2.05, 4.69) is 4.72 Å². The molecule has 2 rings (SSSR count). The number of nitrogens with one attached hydrogen (secondary N) is 1. The van der Waals surface area contributed by atoms with Crippen LogP contribution in [0.4, 0.5) is 4.39 Å². The molecule has 3 atom stereocenters. The Morgan fingerprint density at radius 2 is 1.61 bits per heavy atom. The highest BCUT2D eigenvalue weighted by molar-refractivity contribution is 7.84. The van der Waals surface area contributed by atoms with Crippen LogP contribution in [-0.4, -0.2) is 27.2 Å². The fraction of sp³-hybridized carbons (Fsp3) is 0.409. The van der Waals surface area contributed by atoms with Crippen LogP contribution in [0, 0.1) is 0 Å². The van der Waals surface area contributed by atoms with Gasteiger partial charge in [-0.2, -0.15) is 0 Å². The van der Waals surface area contributed by atoms with E-state index in [1.165, 1.54) is 0 Å². The monoisotopic (exact) mass is 405 g/mol. The fourth-order valence-corrected chi connectivity index (χ4v) is 3.68. The summed E-state index contributed by atoms with van der Waals surface area (Å²) in [6.45, 7) is 7.07. The minimum Gasteiger partial charge on any atom is -0.464 e. The third kappa shape index (κ3) is 5.49. The van der Waals surface area contributed by atoms with Gasteiger partial charge >= 0.3 is 5.97 Å². The Labute approximate surface area is 169 Å². The highest BCUT2D eigenvalue weighted by atomic mass is 32.2. The number of benzene rings is 2. The highest BCUT2D eigenvalue weighted by Gasteiger charge is 2.50. The van der Waals surface area contributed by atoms with Gasteiger partial charge in [-0.05, 0) is 38.8 Å². The average Bonchev–Trinajstić information content (AvgIpc) is 2.66. The second-order valence-electron chi connectivity index (χ2n) is 7.59. The second kappa shape index (κ2) is 9.43. The summed E-state index contributed by atoms with van der Waals surface area (Å²) in [5.41, 5.74) is -1.24. The molecule has 6 heteroatoms. The number of halogens is 1. The first-order valence-electron chi connectivity index (χ1n) is 9.31. The summed E-state index contributed by atoms with van der Waals surface area (Å²) in [5.74, 6) is -0.967. The maximum Gasteiger partial charge on any atom is 0.346 e. The van der Waals surface area contributed by atoms with Crippen molar-refractivity contribution in [3.8, 4) is 0 Å². The lowest BCUT2D eigenvalue weighted by molar-refractivity contribution is -0.159. The van der Waals surface area contributed by atoms with Crippen LogP contribution in [0.1, 0.15) is 44.9 Å². The van der Waals surface area contributed by atoms with Gasteiger partial charge in [0.05, 0.1) is 28.4 Å². The largest absolute Gasteiger partial charge is 0.464 e. The van der Waals surface area contributed by atoms with Gasteiger partial charge in [0.1, 0.15) is 0 Å². The zero-order valence-electron chi connectivity index (χ0n) is 16.8. The van der Waals surface area contributed by atoms with Crippen LogP contribution in [0.5, 0.6) is 0 Å². The molecule has 152 valence electrons. The lowest BCUT2D eigenvalue weighted by Gasteiger charge is -2.34. The van der Waals surface area contributed by atoms with Crippen LogP contribution >= 0.6 is 0 Å². The Bertz CT molecular complexity index is 792. The minimum atomic E-state index is -2.43. The highest BCUT2D eigenvalue weighted by Crippen LogP contribution is 2.36. The van der Waals surface area contributed by atoms with Gasteiger partial charge in [0.25, 0.3) is 0 Å². The zero-order chi connectivity index (χ0) is 20.8. The van der Waals surface area contributed by atoms with Crippen molar-refractivity contribution < 1.29 is 18.1 Å². The lowest BCUT2D eigenvalue weighted by atomic mass is 9.85. The Hall–Kier alpha value is -2.05. The topological polar surface area (TPSA) is 55.4 Å². The normalized spacial score (nSPS) is 16.0. The molecule has 0 fully saturated rings. The van der Waals surface area contributed by atoms with Crippen molar-refractivity contribution in [3.63, 3.8) is 0 Å². The lowest BCUT2D eigenvalue weighted by Crippen LogP contribution is -2.51. The third-order valence-corrected chi connectivity index (χ3v) is 5.85. The molecule has 28 heavy (non-hydrogen) atoms. The Morgan fingerprint density at radius 3 is 2.11 bits per heavy atom. The van der Waals surface area contributed by atoms with E-state index in [4.69, 9.17) is 4.74 Å². The molecule has 0 bridgehead atoms. The van der Waals surface area contributed by atoms with Gasteiger partial charge < -0.3 is 4.74 Å². The number of rotatable bonds is 8. The maximum atomic E-state index is 16.5. The van der Waals surface area contributed by atoms with Crippen LogP contribution in [-0.2, 0) is 26.9 Å². The molecule has 0 aliphatic carbocycles. The van der Waals surface area contributed by atoms with E-state index in [1.807, 2.05) is 12.1 Å². The summed E-state index contributed by atoms with van der Waals surface area (Å²) in [4.78, 5) is 12.8. The molecular weight excluding hydrogens is 377 g/mol. The Balaban J connectivity index is 2.53. The first-order chi connectivity index (χ1) is 13.2. The fourth-order valence-electron chi connectivity index (χ4n) is 2.79. The summed E-state index contributed by atoms with van der Waals surface area (Å²) in [6, 6.07) is 16.6. The molecule has 0 unspecified atom stereocenters. The summed E-state index contributed by atoms with van der Waals surface area (Å²) in [5, 5.41) is 0. The number of esters is 1. The quantitative estimate of drug-likeness (QED) is 0.667. The van der Waals surface area contributed by atoms with Crippen LogP contribution in [0.25, 0.3) is 0 Å². The van der Waals surface area contributed by atoms with E-state index in [9.17, 15) is 9.00 Å². The summed E-state index contributed by atoms with van der Waals surface area (Å²) >= 11 is 0. The van der Waals surface area contributed by atoms with Crippen molar-refractivity contribution in [2.24, 2.45) is 0 Å². The van der Waals surface area contributed by atoms with Crippen molar-refractivity contribution in [2.45, 2.75) is 50.6 Å². The molecule has 0 saturated heterocycles. The van der Waals surface area contributed by atoms with Crippen molar-refractivity contribution in [2.75, 3.05) is 6.61 Å². The van der Waals surface area contributed by atoms with E-state index in [-0.39, 0.29) is 13.0 Å². The molecule has 0 aliphatic heterocycles. The predicted octanol–water partition coefficient (Wildman–Crippen LogP) is 4.29. The average molecular weight is 406 g/mol. The van der Waals surface area contributed by atoms with Gasteiger partial charge in [-0.1, -0.05) is 60.7 Å². The minimum absolute atomic E-state index is 0.0587. The number of carbonyl (C=O) groups is 1. The number of hydrogen-bond acceptors (Lipinski definition) is 3. The van der Waals surface area contributed by atoms with E-state index in [0.717, 1.165) is 0 Å². The first kappa shape index (κ1) is 22.2. The van der Waals surface area contributed by atoms with Gasteiger partial charge in [0.15, 0.2) is 0 Å². The molecule has 0 aliphatic rings. The predicted molar refractivity (Wildman–Crippen MR) is 111 cm³/mol. The van der Waals surface area contributed by atoms with Crippen LogP contribution in [0.3, 0.4) is 0 Å². The van der Waals surface area contributed by atoms with Crippen molar-refractivity contribution in [3.05, 3.63) is 71.8 Å². The number of carbonyl (C=O) groups excluding carboxylic acids is 1. The zero-order valence-corrected chi connectivity index (χ0v) is 17.6. The van der Waals surface area contributed by atoms with Crippen molar-refractivity contribution in [1.82, 2.24) is 4.72 Å². The molecule has 1 N–H and O–H groups in total. The number of alkyl halides is 1. The molecule has 2 aromatic carbocycles. The van der Waals surface area contributed by atoms with Crippen LogP contribution < -0.4 is 4.72 Å². The molecular formula is C22H28FNO3S. The summed E-state index contributed by atoms with van der Waals surface area (Å²) < 4.78 is 36.6. The van der Waals surface area contributed by atoms with Gasteiger partial charge in [-0.15, -0.1) is 0 Å². The molecule has 0 aromatic heterocycles. The molecule has 2 aromatic rings.